The minimum Gasteiger partial charge on any atom is -0.484 e. The maximum absolute atomic E-state index is 13.2. The number of carbonyl (C=O) groups excluding carboxylic acids is 3. The van der Waals surface area contributed by atoms with Crippen LogP contribution < -0.4 is 14.9 Å². The number of aromatic nitrogens is 1. The van der Waals surface area contributed by atoms with Crippen LogP contribution in [-0.2, 0) is 25.4 Å². The predicted octanol–water partition coefficient (Wildman–Crippen LogP) is 3.15. The van der Waals surface area contributed by atoms with Crippen LogP contribution in [0.1, 0.15) is 21.9 Å². The van der Waals surface area contributed by atoms with Gasteiger partial charge in [-0.15, -0.1) is 0 Å². The lowest BCUT2D eigenvalue weighted by Gasteiger charge is -2.29. The number of hydrogen-bond acceptors (Lipinski definition) is 8. The number of nitrogens with zero attached hydrogens (tertiary/aromatic N) is 1. The number of rotatable bonds is 7. The second kappa shape index (κ2) is 10.5. The van der Waals surface area contributed by atoms with Crippen molar-refractivity contribution in [3.63, 3.8) is 0 Å². The number of fused-ring (bicyclic) bond motifs is 2. The largest absolute Gasteiger partial charge is 0.484 e. The highest BCUT2D eigenvalue weighted by atomic mass is 32.2. The Balaban J connectivity index is 1.34. The Morgan fingerprint density at radius 2 is 1.75 bits per heavy atom. The lowest BCUT2D eigenvalue weighted by atomic mass is 9.83. The molecule has 1 fully saturated rings. The fraction of sp³-hybridized carbons (Fsp3) is 0.240. The topological polar surface area (TPSA) is 146 Å². The van der Waals surface area contributed by atoms with E-state index in [1.807, 2.05) is 0 Å². The molecular formula is C25H18F3N3O7S2. The Kier molecular flexibility index (Phi) is 7.18. The molecule has 10 nitrogen and oxygen atoms in total. The van der Waals surface area contributed by atoms with E-state index < -0.39 is 71.4 Å². The lowest BCUT2D eigenvalue weighted by molar-refractivity contribution is -0.149. The number of thioether (sulfide) groups is 1. The molecule has 40 heavy (non-hydrogen) atoms. The minimum absolute atomic E-state index is 0.202. The van der Waals surface area contributed by atoms with Crippen LogP contribution in [0.15, 0.2) is 58.4 Å². The van der Waals surface area contributed by atoms with Gasteiger partial charge in [-0.2, -0.15) is 13.2 Å². The van der Waals surface area contributed by atoms with Gasteiger partial charge < -0.3 is 20.1 Å². The minimum atomic E-state index is -4.65. The number of para-hydroxylation sites is 1. The van der Waals surface area contributed by atoms with Crippen molar-refractivity contribution in [3.8, 4) is 5.75 Å². The molecule has 1 saturated heterocycles. The van der Waals surface area contributed by atoms with Crippen molar-refractivity contribution in [2.45, 2.75) is 22.4 Å². The van der Waals surface area contributed by atoms with Crippen molar-refractivity contribution < 1.29 is 42.2 Å². The van der Waals surface area contributed by atoms with Crippen LogP contribution in [0, 0.1) is 5.92 Å². The van der Waals surface area contributed by atoms with E-state index in [1.54, 1.807) is 12.1 Å². The van der Waals surface area contributed by atoms with Gasteiger partial charge in [0.15, 0.2) is 6.61 Å². The predicted molar refractivity (Wildman–Crippen MR) is 136 cm³/mol. The van der Waals surface area contributed by atoms with Gasteiger partial charge in [0.2, 0.25) is 11.8 Å². The number of aromatic amines is 1. The van der Waals surface area contributed by atoms with E-state index in [0.29, 0.717) is 20.4 Å². The number of imide groups is 1. The molecule has 2 aromatic carbocycles. The Morgan fingerprint density at radius 3 is 2.42 bits per heavy atom. The quantitative estimate of drug-likeness (QED) is 0.354. The molecule has 0 saturated carbocycles. The summed E-state index contributed by atoms with van der Waals surface area (Å²) in [6.07, 6.45) is -4.65. The summed E-state index contributed by atoms with van der Waals surface area (Å²) in [6.45, 7) is -1.36. The van der Waals surface area contributed by atoms with Gasteiger partial charge in [0.25, 0.3) is 5.91 Å². The number of thiazole rings is 1. The molecule has 3 heterocycles. The summed E-state index contributed by atoms with van der Waals surface area (Å²) in [6, 6.07) is 10.7. The second-order valence-electron chi connectivity index (χ2n) is 8.86. The van der Waals surface area contributed by atoms with Gasteiger partial charge in [0.1, 0.15) is 17.5 Å². The van der Waals surface area contributed by atoms with E-state index in [4.69, 9.17) is 9.84 Å². The van der Waals surface area contributed by atoms with Crippen LogP contribution in [-0.4, -0.2) is 57.1 Å². The molecule has 0 unspecified atom stereocenters. The summed E-state index contributed by atoms with van der Waals surface area (Å²) in [4.78, 5) is 65.2. The number of likely N-dealkylation sites (tertiary alicyclic amines) is 1. The number of H-pyrrole nitrogens is 1. The number of anilines is 1. The monoisotopic (exact) mass is 593 g/mol. The molecular weight excluding hydrogens is 575 g/mol. The molecule has 1 aromatic heterocycles. The number of carboxylic acid groups (broad SMARTS) is 1. The number of ether oxygens (including phenoxy) is 1. The molecule has 3 N–H and O–H groups in total. The normalized spacial score (nSPS) is 20.2. The van der Waals surface area contributed by atoms with Gasteiger partial charge >= 0.3 is 17.0 Å². The summed E-state index contributed by atoms with van der Waals surface area (Å²) in [5.41, 5.74) is -0.858. The van der Waals surface area contributed by atoms with Crippen molar-refractivity contribution in [2.75, 3.05) is 18.5 Å². The zero-order valence-electron chi connectivity index (χ0n) is 20.1. The third-order valence-corrected chi connectivity index (χ3v) is 8.73. The van der Waals surface area contributed by atoms with Gasteiger partial charge in [-0.05, 0) is 29.8 Å². The average Bonchev–Trinajstić information content (AvgIpc) is 3.38. The number of nitrogens with one attached hydrogen (secondary N) is 2. The maximum Gasteiger partial charge on any atom is 0.418 e. The number of benzene rings is 2. The van der Waals surface area contributed by atoms with Gasteiger partial charge in [-0.1, -0.05) is 47.4 Å². The highest BCUT2D eigenvalue weighted by molar-refractivity contribution is 8.00. The third kappa shape index (κ3) is 5.21. The van der Waals surface area contributed by atoms with Crippen LogP contribution >= 0.6 is 23.1 Å². The van der Waals surface area contributed by atoms with E-state index in [1.165, 1.54) is 24.3 Å². The van der Waals surface area contributed by atoms with E-state index in [9.17, 15) is 37.1 Å². The molecule has 15 heteroatoms. The van der Waals surface area contributed by atoms with Gasteiger partial charge in [-0.25, -0.2) is 0 Å². The molecule has 2 aliphatic heterocycles. The van der Waals surface area contributed by atoms with Crippen LogP contribution in [0.4, 0.5) is 18.9 Å². The van der Waals surface area contributed by atoms with E-state index >= 15 is 0 Å². The number of halogens is 3. The number of hydrogen-bond donors (Lipinski definition) is 3. The zero-order chi connectivity index (χ0) is 28.8. The standard InChI is InChI=1S/C25H18F3N3O7S2/c26-25(27,28)13-3-1-2-4-14(13)29-15(32)10-38-12-7-5-11(6-8-12)17-18-20(39-21-19(17)40-24(37)30-21)23(36)31(22(18)35)9-16(33)34/h1-8,17-18,20H,9-10H2,(H,29,32)(H,30,37)(H,33,34)/t17-,18+,20-/m0/s1. The first-order valence-electron chi connectivity index (χ1n) is 11.6. The summed E-state index contributed by atoms with van der Waals surface area (Å²) in [7, 11) is 0. The summed E-state index contributed by atoms with van der Waals surface area (Å²) < 4.78 is 44.9. The average molecular weight is 594 g/mol. The molecule has 3 atom stereocenters. The van der Waals surface area contributed by atoms with Crippen molar-refractivity contribution in [1.82, 2.24) is 9.88 Å². The number of aliphatic carboxylic acids is 1. The molecule has 0 aliphatic carbocycles. The molecule has 5 rings (SSSR count). The number of carbonyl (C=O) groups is 4. The highest BCUT2D eigenvalue weighted by Crippen LogP contribution is 2.52. The Labute approximate surface area is 231 Å². The van der Waals surface area contributed by atoms with Crippen LogP contribution in [0.5, 0.6) is 5.75 Å². The first-order valence-corrected chi connectivity index (χ1v) is 13.3. The fourth-order valence-electron chi connectivity index (χ4n) is 4.67. The van der Waals surface area contributed by atoms with Crippen LogP contribution in [0.2, 0.25) is 0 Å². The van der Waals surface area contributed by atoms with Crippen molar-refractivity contribution >= 4 is 52.5 Å². The van der Waals surface area contributed by atoms with Crippen molar-refractivity contribution in [3.05, 3.63) is 74.2 Å². The zero-order valence-corrected chi connectivity index (χ0v) is 21.7. The third-order valence-electron chi connectivity index (χ3n) is 6.32. The molecule has 2 aliphatic rings. The van der Waals surface area contributed by atoms with E-state index in [-0.39, 0.29) is 10.6 Å². The molecule has 0 bridgehead atoms. The smallest absolute Gasteiger partial charge is 0.418 e. The summed E-state index contributed by atoms with van der Waals surface area (Å²) >= 11 is 1.91. The van der Waals surface area contributed by atoms with Gasteiger partial charge in [0.05, 0.1) is 22.2 Å². The van der Waals surface area contributed by atoms with E-state index in [0.717, 1.165) is 35.2 Å². The first-order chi connectivity index (χ1) is 18.9. The highest BCUT2D eigenvalue weighted by Gasteiger charge is 2.56. The van der Waals surface area contributed by atoms with Crippen LogP contribution in [0.25, 0.3) is 0 Å². The Bertz CT molecular complexity index is 1570. The van der Waals surface area contributed by atoms with Gasteiger partial charge in [-0.3, -0.25) is 28.9 Å². The van der Waals surface area contributed by atoms with Crippen molar-refractivity contribution in [2.24, 2.45) is 5.92 Å². The molecule has 0 spiro atoms. The number of alkyl halides is 3. The summed E-state index contributed by atoms with van der Waals surface area (Å²) in [5.74, 6) is -4.92. The Morgan fingerprint density at radius 1 is 1.05 bits per heavy atom. The van der Waals surface area contributed by atoms with E-state index in [2.05, 4.69) is 10.3 Å². The second-order valence-corrected chi connectivity index (χ2v) is 11.0. The van der Waals surface area contributed by atoms with Crippen molar-refractivity contribution in [1.29, 1.82) is 0 Å². The van der Waals surface area contributed by atoms with Gasteiger partial charge in [0, 0.05) is 10.8 Å². The van der Waals surface area contributed by atoms with Crippen LogP contribution in [0.3, 0.4) is 0 Å². The summed E-state index contributed by atoms with van der Waals surface area (Å²) in [5, 5.41) is 10.8. The molecule has 3 amide bonds. The molecule has 0 radical (unpaired) electrons. The Hall–Kier alpha value is -4.11. The number of amides is 3. The lowest BCUT2D eigenvalue weighted by Crippen LogP contribution is -2.36. The maximum atomic E-state index is 13.2. The first kappa shape index (κ1) is 27.5. The fourth-order valence-corrected chi connectivity index (χ4v) is 7.21. The molecule has 208 valence electrons. The number of carboxylic acids is 1. The molecule has 3 aromatic rings. The SMILES string of the molecule is O=C(O)CN1C(=O)[C@@H]2[C@H](c3ccc(OCC(=O)Nc4ccccc4C(F)(F)F)cc3)c3sc(=O)[nH]c3S[C@@H]2C1=O.